The van der Waals surface area contributed by atoms with Gasteiger partial charge in [0.05, 0.1) is 18.0 Å². The molecule has 10 heteroatoms. The summed E-state index contributed by atoms with van der Waals surface area (Å²) in [7, 11) is -2.06. The zero-order chi connectivity index (χ0) is 24.0. The molecule has 3 rings (SSSR count). The number of methoxy groups -OCH3 is 1. The number of nitrogens with zero attached hydrogens (tertiary/aromatic N) is 2. The monoisotopic (exact) mass is 493 g/mol. The van der Waals surface area contributed by atoms with Gasteiger partial charge in [-0.05, 0) is 37.3 Å². The molecule has 0 radical (unpaired) electrons. The van der Waals surface area contributed by atoms with Crippen molar-refractivity contribution in [3.8, 4) is 5.75 Å². The Labute approximate surface area is 199 Å². The molecule has 0 saturated carbocycles. The van der Waals surface area contributed by atoms with Crippen LogP contribution in [-0.2, 0) is 19.6 Å². The van der Waals surface area contributed by atoms with Crippen molar-refractivity contribution >= 4 is 33.4 Å². The lowest BCUT2D eigenvalue weighted by molar-refractivity contribution is -0.134. The quantitative estimate of drug-likeness (QED) is 0.610. The second-order valence-electron chi connectivity index (χ2n) is 7.77. The fraction of sp³-hybridized carbons (Fsp3) is 0.391. The molecule has 178 valence electrons. The maximum absolute atomic E-state index is 12.8. The first-order chi connectivity index (χ1) is 15.7. The summed E-state index contributed by atoms with van der Waals surface area (Å²) in [5, 5.41) is 3.36. The van der Waals surface area contributed by atoms with E-state index in [1.54, 1.807) is 12.0 Å². The van der Waals surface area contributed by atoms with Crippen LogP contribution in [-0.4, -0.2) is 62.7 Å². The van der Waals surface area contributed by atoms with Gasteiger partial charge in [-0.15, -0.1) is 0 Å². The first-order valence-electron chi connectivity index (χ1n) is 10.7. The first kappa shape index (κ1) is 25.0. The summed E-state index contributed by atoms with van der Waals surface area (Å²) in [5.74, 6) is 0.289. The second kappa shape index (κ2) is 11.0. The van der Waals surface area contributed by atoms with Gasteiger partial charge < -0.3 is 15.0 Å². The van der Waals surface area contributed by atoms with Crippen molar-refractivity contribution in [2.24, 2.45) is 0 Å². The highest BCUT2D eigenvalue weighted by Crippen LogP contribution is 2.24. The maximum Gasteiger partial charge on any atom is 0.243 e. The molecule has 2 aromatic rings. The van der Waals surface area contributed by atoms with E-state index in [2.05, 4.69) is 5.32 Å². The van der Waals surface area contributed by atoms with Gasteiger partial charge in [0.1, 0.15) is 5.75 Å². The average molecular weight is 494 g/mol. The number of rotatable bonds is 8. The van der Waals surface area contributed by atoms with Crippen molar-refractivity contribution in [3.05, 3.63) is 59.1 Å². The van der Waals surface area contributed by atoms with E-state index < -0.39 is 10.0 Å². The Kier molecular flexibility index (Phi) is 8.34. The zero-order valence-corrected chi connectivity index (χ0v) is 20.2. The lowest BCUT2D eigenvalue weighted by Gasteiger charge is -2.34. The highest BCUT2D eigenvalue weighted by Gasteiger charge is 2.30. The molecule has 2 amide bonds. The summed E-state index contributed by atoms with van der Waals surface area (Å²) < 4.78 is 32.2. The number of hydrogen-bond donors (Lipinski definition) is 1. The van der Waals surface area contributed by atoms with Gasteiger partial charge >= 0.3 is 0 Å². The van der Waals surface area contributed by atoms with E-state index in [-0.39, 0.29) is 61.8 Å². The Bertz CT molecular complexity index is 1080. The average Bonchev–Trinajstić information content (AvgIpc) is 2.82. The van der Waals surface area contributed by atoms with Gasteiger partial charge in [-0.1, -0.05) is 29.8 Å². The topological polar surface area (TPSA) is 96.0 Å². The molecule has 33 heavy (non-hydrogen) atoms. The van der Waals surface area contributed by atoms with E-state index in [0.717, 1.165) is 5.56 Å². The Balaban J connectivity index is 1.47. The van der Waals surface area contributed by atoms with E-state index in [4.69, 9.17) is 16.3 Å². The molecule has 0 unspecified atom stereocenters. The molecule has 1 fully saturated rings. The Morgan fingerprint density at radius 3 is 2.30 bits per heavy atom. The van der Waals surface area contributed by atoms with Gasteiger partial charge in [0.25, 0.3) is 0 Å². The molecule has 0 spiro atoms. The first-order valence-corrected chi connectivity index (χ1v) is 12.5. The second-order valence-corrected chi connectivity index (χ2v) is 10.1. The highest BCUT2D eigenvalue weighted by atomic mass is 35.5. The van der Waals surface area contributed by atoms with Gasteiger partial charge in [0.15, 0.2) is 0 Å². The van der Waals surface area contributed by atoms with Crippen LogP contribution in [0.2, 0.25) is 5.02 Å². The van der Waals surface area contributed by atoms with Crippen LogP contribution in [0.3, 0.4) is 0 Å². The third-order valence-corrected chi connectivity index (χ3v) is 7.76. The van der Waals surface area contributed by atoms with E-state index in [9.17, 15) is 18.0 Å². The Morgan fingerprint density at radius 1 is 1.03 bits per heavy atom. The minimum atomic E-state index is -3.64. The van der Waals surface area contributed by atoms with Crippen molar-refractivity contribution in [2.45, 2.75) is 30.7 Å². The molecular formula is C23H28ClN3O5S. The maximum atomic E-state index is 12.8. The Hall–Kier alpha value is -2.62. The van der Waals surface area contributed by atoms with Gasteiger partial charge in [0, 0.05) is 49.6 Å². The summed E-state index contributed by atoms with van der Waals surface area (Å²) in [6.45, 7) is 2.83. The van der Waals surface area contributed by atoms with Crippen molar-refractivity contribution in [1.82, 2.24) is 14.5 Å². The molecule has 1 aliphatic heterocycles. The number of ether oxygens (including phenoxy) is 1. The molecule has 1 aliphatic rings. The molecule has 0 bridgehead atoms. The third-order valence-electron chi connectivity index (χ3n) is 5.59. The predicted molar refractivity (Wildman–Crippen MR) is 126 cm³/mol. The summed E-state index contributed by atoms with van der Waals surface area (Å²) >= 11 is 5.84. The van der Waals surface area contributed by atoms with Crippen molar-refractivity contribution in [1.29, 1.82) is 0 Å². The van der Waals surface area contributed by atoms with Crippen molar-refractivity contribution in [2.75, 3.05) is 33.3 Å². The summed E-state index contributed by atoms with van der Waals surface area (Å²) in [4.78, 5) is 26.7. The number of sulfonamides is 1. The summed E-state index contributed by atoms with van der Waals surface area (Å²) in [5.41, 5.74) is 0.859. The predicted octanol–water partition coefficient (Wildman–Crippen LogP) is 2.84. The van der Waals surface area contributed by atoms with Crippen LogP contribution in [0.15, 0.2) is 53.4 Å². The molecule has 0 aliphatic carbocycles. The van der Waals surface area contributed by atoms with E-state index in [1.807, 2.05) is 31.2 Å². The van der Waals surface area contributed by atoms with Gasteiger partial charge in [-0.3, -0.25) is 9.59 Å². The minimum Gasteiger partial charge on any atom is -0.496 e. The van der Waals surface area contributed by atoms with Crippen LogP contribution in [0.4, 0.5) is 0 Å². The van der Waals surface area contributed by atoms with Crippen LogP contribution in [0.5, 0.6) is 5.75 Å². The molecule has 1 N–H and O–H groups in total. The lowest BCUT2D eigenvalue weighted by atomic mass is 10.1. The normalized spacial score (nSPS) is 15.7. The molecule has 8 nitrogen and oxygen atoms in total. The van der Waals surface area contributed by atoms with Crippen LogP contribution in [0, 0.1) is 0 Å². The number of carbonyl (C=O) groups is 2. The van der Waals surface area contributed by atoms with E-state index in [0.29, 0.717) is 10.8 Å². The third kappa shape index (κ3) is 6.25. The van der Waals surface area contributed by atoms with Crippen LogP contribution in [0.25, 0.3) is 0 Å². The fourth-order valence-corrected chi connectivity index (χ4v) is 5.28. The molecular weight excluding hydrogens is 466 g/mol. The van der Waals surface area contributed by atoms with E-state index >= 15 is 0 Å². The number of nitrogens with one attached hydrogen (secondary N) is 1. The number of carbonyl (C=O) groups excluding carboxylic acids is 2. The van der Waals surface area contributed by atoms with E-state index in [1.165, 1.54) is 28.6 Å². The number of piperazine rings is 1. The Morgan fingerprint density at radius 2 is 1.67 bits per heavy atom. The lowest BCUT2D eigenvalue weighted by Crippen LogP contribution is -2.50. The minimum absolute atomic E-state index is 0.0572. The van der Waals surface area contributed by atoms with Crippen molar-refractivity contribution in [3.63, 3.8) is 0 Å². The standard InChI is InChI=1S/C23H28ClN3O5S/c1-17(20-5-3-4-6-21(20)32-2)25-22(28)11-12-23(29)26-13-15-27(16-14-26)33(30,31)19-9-7-18(24)8-10-19/h3-10,17H,11-16H2,1-2H3,(H,25,28)/t17-/m0/s1. The molecule has 2 aromatic carbocycles. The smallest absolute Gasteiger partial charge is 0.243 e. The van der Waals surface area contributed by atoms with Gasteiger partial charge in [0.2, 0.25) is 21.8 Å². The van der Waals surface area contributed by atoms with Gasteiger partial charge in [-0.2, -0.15) is 4.31 Å². The largest absolute Gasteiger partial charge is 0.496 e. The molecule has 0 aromatic heterocycles. The summed E-state index contributed by atoms with van der Waals surface area (Å²) in [6, 6.07) is 13.2. The molecule has 1 atom stereocenters. The zero-order valence-electron chi connectivity index (χ0n) is 18.7. The van der Waals surface area contributed by atoms with Crippen LogP contribution < -0.4 is 10.1 Å². The number of halogens is 1. The van der Waals surface area contributed by atoms with Crippen LogP contribution >= 0.6 is 11.6 Å². The number of hydrogen-bond acceptors (Lipinski definition) is 5. The summed E-state index contributed by atoms with van der Waals surface area (Å²) in [6.07, 6.45) is 0.121. The van der Waals surface area contributed by atoms with Crippen LogP contribution in [0.1, 0.15) is 31.4 Å². The van der Waals surface area contributed by atoms with Gasteiger partial charge in [-0.25, -0.2) is 8.42 Å². The van der Waals surface area contributed by atoms with Crippen molar-refractivity contribution < 1.29 is 22.7 Å². The molecule has 1 heterocycles. The number of benzene rings is 2. The fourth-order valence-electron chi connectivity index (χ4n) is 3.73. The highest BCUT2D eigenvalue weighted by molar-refractivity contribution is 7.89. The molecule has 1 saturated heterocycles. The number of amides is 2. The SMILES string of the molecule is COc1ccccc1[C@H](C)NC(=O)CCC(=O)N1CCN(S(=O)(=O)c2ccc(Cl)cc2)CC1. The number of para-hydroxylation sites is 1.